The summed E-state index contributed by atoms with van der Waals surface area (Å²) in [7, 11) is 0. The predicted molar refractivity (Wildman–Crippen MR) is 77.2 cm³/mol. The van der Waals surface area contributed by atoms with E-state index in [1.807, 2.05) is 0 Å². The fourth-order valence-corrected chi connectivity index (χ4v) is 2.63. The molecule has 0 amide bonds. The lowest BCUT2D eigenvalue weighted by molar-refractivity contribution is -0.0451. The molecule has 3 atom stereocenters. The molecule has 1 rings (SSSR count). The topological polar surface area (TPSA) is 61.7 Å². The molecule has 0 aromatic heterocycles. The van der Waals surface area contributed by atoms with Crippen molar-refractivity contribution in [1.82, 2.24) is 5.32 Å². The van der Waals surface area contributed by atoms with Crippen LogP contribution in [0.3, 0.4) is 0 Å². The molecule has 19 heavy (non-hydrogen) atoms. The molecule has 3 unspecified atom stereocenters. The van der Waals surface area contributed by atoms with Crippen LogP contribution < -0.4 is 5.32 Å². The second-order valence-corrected chi connectivity index (χ2v) is 5.78. The van der Waals surface area contributed by atoms with Crippen LogP contribution in [-0.4, -0.2) is 48.7 Å². The van der Waals surface area contributed by atoms with Crippen LogP contribution in [-0.2, 0) is 4.74 Å². The quantitative estimate of drug-likeness (QED) is 0.530. The van der Waals surface area contributed by atoms with E-state index in [2.05, 4.69) is 12.2 Å². The summed E-state index contributed by atoms with van der Waals surface area (Å²) < 4.78 is 5.83. The molecule has 0 aliphatic heterocycles. The van der Waals surface area contributed by atoms with Gasteiger partial charge < -0.3 is 20.3 Å². The maximum atomic E-state index is 9.84. The molecule has 0 spiro atoms. The van der Waals surface area contributed by atoms with Gasteiger partial charge in [-0.05, 0) is 44.6 Å². The van der Waals surface area contributed by atoms with E-state index in [9.17, 15) is 5.11 Å². The van der Waals surface area contributed by atoms with Gasteiger partial charge in [-0.2, -0.15) is 0 Å². The molecular formula is C15H31NO3. The number of aliphatic hydroxyl groups is 2. The second kappa shape index (κ2) is 10.6. The Morgan fingerprint density at radius 3 is 2.74 bits per heavy atom. The molecule has 1 aliphatic carbocycles. The molecule has 1 aliphatic rings. The molecule has 4 heteroatoms. The molecule has 4 nitrogen and oxygen atoms in total. The Hall–Kier alpha value is -0.160. The molecule has 0 heterocycles. The van der Waals surface area contributed by atoms with Gasteiger partial charge in [-0.1, -0.05) is 19.8 Å². The van der Waals surface area contributed by atoms with E-state index in [0.29, 0.717) is 25.2 Å². The van der Waals surface area contributed by atoms with Gasteiger partial charge in [-0.3, -0.25) is 0 Å². The van der Waals surface area contributed by atoms with Crippen LogP contribution in [0.1, 0.15) is 51.9 Å². The highest BCUT2D eigenvalue weighted by atomic mass is 16.5. The smallest absolute Gasteiger partial charge is 0.0897 e. The van der Waals surface area contributed by atoms with Crippen LogP contribution in [0, 0.1) is 5.92 Å². The normalized spacial score (nSPS) is 25.4. The molecule has 0 bridgehead atoms. The fourth-order valence-electron chi connectivity index (χ4n) is 2.63. The lowest BCUT2D eigenvalue weighted by atomic mass is 9.88. The summed E-state index contributed by atoms with van der Waals surface area (Å²) in [5.41, 5.74) is 0. The minimum absolute atomic E-state index is 0.274. The average molecular weight is 273 g/mol. The summed E-state index contributed by atoms with van der Waals surface area (Å²) in [4.78, 5) is 0. The van der Waals surface area contributed by atoms with Gasteiger partial charge >= 0.3 is 0 Å². The van der Waals surface area contributed by atoms with Gasteiger partial charge in [-0.25, -0.2) is 0 Å². The number of hydrogen-bond acceptors (Lipinski definition) is 4. The van der Waals surface area contributed by atoms with Gasteiger partial charge in [0.2, 0.25) is 0 Å². The Morgan fingerprint density at radius 2 is 2.00 bits per heavy atom. The summed E-state index contributed by atoms with van der Waals surface area (Å²) in [6.07, 6.45) is 7.86. The first-order valence-electron chi connectivity index (χ1n) is 7.85. The number of unbranched alkanes of at least 4 members (excludes halogenated alkanes) is 2. The van der Waals surface area contributed by atoms with E-state index in [1.54, 1.807) is 0 Å². The van der Waals surface area contributed by atoms with Crippen molar-refractivity contribution in [3.05, 3.63) is 0 Å². The Bertz CT molecular complexity index is 214. The monoisotopic (exact) mass is 273 g/mol. The van der Waals surface area contributed by atoms with E-state index in [0.717, 1.165) is 32.2 Å². The van der Waals surface area contributed by atoms with E-state index < -0.39 is 6.10 Å². The van der Waals surface area contributed by atoms with Gasteiger partial charge in [0.1, 0.15) is 0 Å². The highest BCUT2D eigenvalue weighted by molar-refractivity contribution is 4.73. The maximum absolute atomic E-state index is 9.84. The number of rotatable bonds is 10. The predicted octanol–water partition coefficient (Wildman–Crippen LogP) is 1.69. The van der Waals surface area contributed by atoms with Crippen molar-refractivity contribution in [2.75, 3.05) is 26.3 Å². The van der Waals surface area contributed by atoms with E-state index in [1.165, 1.54) is 19.3 Å². The van der Waals surface area contributed by atoms with Gasteiger partial charge in [0, 0.05) is 13.2 Å². The maximum Gasteiger partial charge on any atom is 0.0897 e. The lowest BCUT2D eigenvalue weighted by Crippen LogP contribution is -2.34. The van der Waals surface area contributed by atoms with E-state index in [4.69, 9.17) is 9.84 Å². The third-order valence-corrected chi connectivity index (χ3v) is 3.93. The molecule has 0 aromatic rings. The van der Waals surface area contributed by atoms with Crippen LogP contribution in [0.2, 0.25) is 0 Å². The van der Waals surface area contributed by atoms with Crippen molar-refractivity contribution in [1.29, 1.82) is 0 Å². The molecule has 1 fully saturated rings. The zero-order valence-corrected chi connectivity index (χ0v) is 12.3. The van der Waals surface area contributed by atoms with Crippen molar-refractivity contribution in [3.8, 4) is 0 Å². The third-order valence-electron chi connectivity index (χ3n) is 3.93. The summed E-state index contributed by atoms with van der Waals surface area (Å²) in [5.74, 6) is 0.632. The third kappa shape index (κ3) is 7.88. The zero-order chi connectivity index (χ0) is 13.9. The van der Waals surface area contributed by atoms with Crippen molar-refractivity contribution >= 4 is 0 Å². The molecule has 114 valence electrons. The van der Waals surface area contributed by atoms with Gasteiger partial charge in [0.15, 0.2) is 0 Å². The Morgan fingerprint density at radius 1 is 1.21 bits per heavy atom. The molecule has 1 saturated carbocycles. The number of nitrogens with one attached hydrogen (secondary N) is 1. The molecule has 0 aromatic carbocycles. The highest BCUT2D eigenvalue weighted by Crippen LogP contribution is 2.26. The Balaban J connectivity index is 1.96. The minimum Gasteiger partial charge on any atom is -0.396 e. The van der Waals surface area contributed by atoms with E-state index >= 15 is 0 Å². The summed E-state index contributed by atoms with van der Waals surface area (Å²) in [6.45, 7) is 4.46. The highest BCUT2D eigenvalue weighted by Gasteiger charge is 2.22. The minimum atomic E-state index is -0.410. The summed E-state index contributed by atoms with van der Waals surface area (Å²) in [5, 5.41) is 21.7. The molecular weight excluding hydrogens is 242 g/mol. The molecule has 0 saturated heterocycles. The van der Waals surface area contributed by atoms with Crippen LogP contribution in [0.4, 0.5) is 0 Å². The van der Waals surface area contributed by atoms with Crippen molar-refractivity contribution in [3.63, 3.8) is 0 Å². The summed E-state index contributed by atoms with van der Waals surface area (Å²) in [6, 6.07) is 0. The number of hydrogen-bond donors (Lipinski definition) is 3. The fraction of sp³-hybridized carbons (Fsp3) is 1.00. The number of aliphatic hydroxyl groups excluding tert-OH is 2. The lowest BCUT2D eigenvalue weighted by Gasteiger charge is -2.29. The van der Waals surface area contributed by atoms with Crippen molar-refractivity contribution in [2.45, 2.75) is 64.1 Å². The zero-order valence-electron chi connectivity index (χ0n) is 12.3. The second-order valence-electron chi connectivity index (χ2n) is 5.78. The first-order valence-corrected chi connectivity index (χ1v) is 7.85. The Kier molecular flexibility index (Phi) is 9.43. The Labute approximate surface area is 117 Å². The van der Waals surface area contributed by atoms with Crippen LogP contribution in [0.5, 0.6) is 0 Å². The number of ether oxygens (including phenoxy) is 1. The van der Waals surface area contributed by atoms with E-state index in [-0.39, 0.29) is 6.61 Å². The van der Waals surface area contributed by atoms with Crippen LogP contribution in [0.15, 0.2) is 0 Å². The molecule has 3 N–H and O–H groups in total. The van der Waals surface area contributed by atoms with Crippen molar-refractivity contribution < 1.29 is 14.9 Å². The SMILES string of the molecule is CC1CCCCC1OCC(O)CNCCCCCO. The standard InChI is InChI=1S/C15H31NO3/c1-13-7-3-4-8-15(13)19-12-14(18)11-16-9-5-2-6-10-17/h13-18H,2-12H2,1H3. The first kappa shape index (κ1) is 16.9. The van der Waals surface area contributed by atoms with Gasteiger partial charge in [0.25, 0.3) is 0 Å². The van der Waals surface area contributed by atoms with Gasteiger partial charge in [0.05, 0.1) is 18.8 Å². The van der Waals surface area contributed by atoms with Crippen LogP contribution in [0.25, 0.3) is 0 Å². The van der Waals surface area contributed by atoms with Crippen LogP contribution >= 0.6 is 0 Å². The van der Waals surface area contributed by atoms with Gasteiger partial charge in [-0.15, -0.1) is 0 Å². The summed E-state index contributed by atoms with van der Waals surface area (Å²) >= 11 is 0. The molecule has 0 radical (unpaired) electrons. The first-order chi connectivity index (χ1) is 9.24. The average Bonchev–Trinajstić information content (AvgIpc) is 2.42. The van der Waals surface area contributed by atoms with Crippen molar-refractivity contribution in [2.24, 2.45) is 5.92 Å². The largest absolute Gasteiger partial charge is 0.396 e.